The largest absolute Gasteiger partial charge is 0.327 e. The Bertz CT molecular complexity index is 769. The van der Waals surface area contributed by atoms with Crippen LogP contribution in [-0.4, -0.2) is 27.6 Å². The average Bonchev–Trinajstić information content (AvgIpc) is 3.02. The molecule has 1 aromatic carbocycles. The Labute approximate surface area is 131 Å². The standard InChI is InChI=1S/C16H18N4.C2H6/c1-11-2-3-14-13(8-11)16-15(9-18-14)19-10-20(16)12-4-6-17-7-5-12;1-2/h2-3,8-10,12,17H,4-7H2,1H3;1-2H3. The number of nitrogens with zero attached hydrogens (tertiary/aromatic N) is 3. The van der Waals surface area contributed by atoms with E-state index in [1.807, 2.05) is 26.4 Å². The van der Waals surface area contributed by atoms with Gasteiger partial charge in [0.15, 0.2) is 0 Å². The first kappa shape index (κ1) is 15.0. The van der Waals surface area contributed by atoms with Crippen molar-refractivity contribution in [2.75, 3.05) is 13.1 Å². The molecule has 0 unspecified atom stereocenters. The second-order valence-corrected chi connectivity index (χ2v) is 5.65. The predicted molar refractivity (Wildman–Crippen MR) is 92.3 cm³/mol. The second-order valence-electron chi connectivity index (χ2n) is 5.65. The van der Waals surface area contributed by atoms with Crippen LogP contribution >= 0.6 is 0 Å². The fourth-order valence-electron chi connectivity index (χ4n) is 3.19. The fourth-order valence-corrected chi connectivity index (χ4v) is 3.19. The van der Waals surface area contributed by atoms with E-state index in [1.54, 1.807) is 0 Å². The van der Waals surface area contributed by atoms with Gasteiger partial charge in [-0.3, -0.25) is 4.98 Å². The molecule has 0 spiro atoms. The molecule has 3 aromatic rings. The topological polar surface area (TPSA) is 42.7 Å². The summed E-state index contributed by atoms with van der Waals surface area (Å²) >= 11 is 0. The molecule has 4 rings (SSSR count). The number of piperidine rings is 1. The van der Waals surface area contributed by atoms with E-state index in [1.165, 1.54) is 29.3 Å². The van der Waals surface area contributed by atoms with Crippen LogP contribution in [0.3, 0.4) is 0 Å². The summed E-state index contributed by atoms with van der Waals surface area (Å²) in [6.07, 6.45) is 6.22. The van der Waals surface area contributed by atoms with Crippen molar-refractivity contribution >= 4 is 21.9 Å². The molecule has 116 valence electrons. The Morgan fingerprint density at radius 1 is 1.09 bits per heavy atom. The number of benzene rings is 1. The third kappa shape index (κ3) is 2.59. The lowest BCUT2D eigenvalue weighted by Gasteiger charge is -2.24. The van der Waals surface area contributed by atoms with Gasteiger partial charge in [0, 0.05) is 11.4 Å². The van der Waals surface area contributed by atoms with Crippen LogP contribution in [0.1, 0.15) is 38.3 Å². The quantitative estimate of drug-likeness (QED) is 0.742. The molecular weight excluding hydrogens is 272 g/mol. The van der Waals surface area contributed by atoms with Gasteiger partial charge < -0.3 is 9.88 Å². The highest BCUT2D eigenvalue weighted by atomic mass is 15.1. The molecule has 0 amide bonds. The number of aromatic nitrogens is 3. The third-order valence-corrected chi connectivity index (χ3v) is 4.26. The van der Waals surface area contributed by atoms with Crippen LogP contribution in [0.5, 0.6) is 0 Å². The number of fused-ring (bicyclic) bond motifs is 3. The molecule has 2 aromatic heterocycles. The van der Waals surface area contributed by atoms with Gasteiger partial charge in [0.2, 0.25) is 0 Å². The summed E-state index contributed by atoms with van der Waals surface area (Å²) in [5.74, 6) is 0. The molecule has 22 heavy (non-hydrogen) atoms. The van der Waals surface area contributed by atoms with Crippen LogP contribution < -0.4 is 5.32 Å². The van der Waals surface area contributed by atoms with E-state index in [0.717, 1.165) is 24.1 Å². The zero-order valence-electron chi connectivity index (χ0n) is 13.6. The zero-order valence-corrected chi connectivity index (χ0v) is 13.6. The van der Waals surface area contributed by atoms with E-state index >= 15 is 0 Å². The van der Waals surface area contributed by atoms with E-state index in [-0.39, 0.29) is 0 Å². The molecular formula is C18H24N4. The van der Waals surface area contributed by atoms with Crippen molar-refractivity contribution in [1.29, 1.82) is 0 Å². The maximum Gasteiger partial charge on any atom is 0.107 e. The van der Waals surface area contributed by atoms with Crippen LogP contribution in [0, 0.1) is 6.92 Å². The van der Waals surface area contributed by atoms with Gasteiger partial charge in [0.05, 0.1) is 23.6 Å². The predicted octanol–water partition coefficient (Wildman–Crippen LogP) is 3.84. The summed E-state index contributed by atoms with van der Waals surface area (Å²) in [5.41, 5.74) is 4.57. The van der Waals surface area contributed by atoms with Crippen molar-refractivity contribution in [3.63, 3.8) is 0 Å². The van der Waals surface area contributed by atoms with Gasteiger partial charge in [-0.2, -0.15) is 0 Å². The normalized spacial score (nSPS) is 15.8. The lowest BCUT2D eigenvalue weighted by molar-refractivity contribution is 0.375. The smallest absolute Gasteiger partial charge is 0.107 e. The van der Waals surface area contributed by atoms with Crippen molar-refractivity contribution in [2.45, 2.75) is 39.7 Å². The molecule has 4 heteroatoms. The van der Waals surface area contributed by atoms with Crippen molar-refractivity contribution in [3.8, 4) is 0 Å². The van der Waals surface area contributed by atoms with Gasteiger partial charge in [-0.1, -0.05) is 25.5 Å². The molecule has 1 fully saturated rings. The van der Waals surface area contributed by atoms with Crippen molar-refractivity contribution in [2.24, 2.45) is 0 Å². The van der Waals surface area contributed by atoms with Crippen molar-refractivity contribution in [3.05, 3.63) is 36.3 Å². The molecule has 4 nitrogen and oxygen atoms in total. The minimum Gasteiger partial charge on any atom is -0.327 e. The Morgan fingerprint density at radius 2 is 1.86 bits per heavy atom. The van der Waals surface area contributed by atoms with Crippen LogP contribution in [-0.2, 0) is 0 Å². The van der Waals surface area contributed by atoms with Gasteiger partial charge >= 0.3 is 0 Å². The van der Waals surface area contributed by atoms with Crippen LogP contribution in [0.15, 0.2) is 30.7 Å². The first-order chi connectivity index (χ1) is 10.8. The van der Waals surface area contributed by atoms with Gasteiger partial charge in [-0.25, -0.2) is 4.98 Å². The summed E-state index contributed by atoms with van der Waals surface area (Å²) < 4.78 is 2.36. The Morgan fingerprint density at radius 3 is 2.64 bits per heavy atom. The van der Waals surface area contributed by atoms with Crippen LogP contribution in [0.2, 0.25) is 0 Å². The van der Waals surface area contributed by atoms with E-state index in [4.69, 9.17) is 0 Å². The summed E-state index contributed by atoms with van der Waals surface area (Å²) in [6.45, 7) is 8.31. The maximum atomic E-state index is 4.55. The molecule has 0 bridgehead atoms. The van der Waals surface area contributed by atoms with Gasteiger partial charge in [0.1, 0.15) is 5.52 Å². The number of aryl methyl sites for hydroxylation is 1. The molecule has 1 saturated heterocycles. The highest BCUT2D eigenvalue weighted by molar-refractivity contribution is 6.02. The van der Waals surface area contributed by atoms with Crippen LogP contribution in [0.4, 0.5) is 0 Å². The lowest BCUT2D eigenvalue weighted by atomic mass is 10.1. The van der Waals surface area contributed by atoms with Crippen molar-refractivity contribution in [1.82, 2.24) is 19.9 Å². The number of imidazole rings is 1. The SMILES string of the molecule is CC.Cc1ccc2ncc3ncn(C4CCNCC4)c3c2c1. The minimum absolute atomic E-state index is 0.548. The van der Waals surface area contributed by atoms with E-state index in [9.17, 15) is 0 Å². The van der Waals surface area contributed by atoms with E-state index in [0.29, 0.717) is 6.04 Å². The fraction of sp³-hybridized carbons (Fsp3) is 0.444. The maximum absolute atomic E-state index is 4.55. The number of nitrogens with one attached hydrogen (secondary N) is 1. The molecule has 0 aliphatic carbocycles. The Hall–Kier alpha value is -1.94. The summed E-state index contributed by atoms with van der Waals surface area (Å²) in [6, 6.07) is 6.99. The number of pyridine rings is 1. The second kappa shape index (κ2) is 6.44. The van der Waals surface area contributed by atoms with Gasteiger partial charge in [-0.05, 0) is 45.0 Å². The molecule has 1 N–H and O–H groups in total. The molecule has 1 aliphatic rings. The summed E-state index contributed by atoms with van der Waals surface area (Å²) in [5, 5.41) is 4.65. The molecule has 3 heterocycles. The molecule has 0 saturated carbocycles. The highest BCUT2D eigenvalue weighted by Gasteiger charge is 2.18. The molecule has 0 radical (unpaired) electrons. The Kier molecular flexibility index (Phi) is 4.39. The monoisotopic (exact) mass is 296 g/mol. The first-order valence-electron chi connectivity index (χ1n) is 8.25. The van der Waals surface area contributed by atoms with E-state index in [2.05, 4.69) is 45.0 Å². The average molecular weight is 296 g/mol. The number of rotatable bonds is 1. The minimum atomic E-state index is 0.548. The number of hydrogen-bond acceptors (Lipinski definition) is 3. The zero-order chi connectivity index (χ0) is 15.5. The van der Waals surface area contributed by atoms with Gasteiger partial charge in [0.25, 0.3) is 0 Å². The van der Waals surface area contributed by atoms with Crippen LogP contribution in [0.25, 0.3) is 21.9 Å². The third-order valence-electron chi connectivity index (χ3n) is 4.26. The summed E-state index contributed by atoms with van der Waals surface area (Å²) in [7, 11) is 0. The van der Waals surface area contributed by atoms with Gasteiger partial charge in [-0.15, -0.1) is 0 Å². The number of hydrogen-bond donors (Lipinski definition) is 1. The lowest BCUT2D eigenvalue weighted by Crippen LogP contribution is -2.29. The Balaban J connectivity index is 0.000000693. The molecule has 1 aliphatic heterocycles. The first-order valence-corrected chi connectivity index (χ1v) is 8.25. The molecule has 0 atom stereocenters. The van der Waals surface area contributed by atoms with Crippen molar-refractivity contribution < 1.29 is 0 Å². The summed E-state index contributed by atoms with van der Waals surface area (Å²) in [4.78, 5) is 9.07. The van der Waals surface area contributed by atoms with E-state index < -0.39 is 0 Å². The highest BCUT2D eigenvalue weighted by Crippen LogP contribution is 2.29.